The molecule has 0 aromatic carbocycles. The maximum absolute atomic E-state index is 5.85. The first kappa shape index (κ1) is 16.6. The van der Waals surface area contributed by atoms with Crippen LogP contribution in [-0.4, -0.2) is 50.5 Å². The minimum Gasteiger partial charge on any atom is -0.379 e. The molecule has 1 saturated heterocycles. The van der Waals surface area contributed by atoms with E-state index in [1.165, 1.54) is 19.3 Å². The maximum atomic E-state index is 5.85. The zero-order valence-corrected chi connectivity index (χ0v) is 13.7. The second-order valence-electron chi connectivity index (χ2n) is 6.22. The number of rotatable bonds is 8. The van der Waals surface area contributed by atoms with Crippen molar-refractivity contribution >= 4 is 5.96 Å². The van der Waals surface area contributed by atoms with Gasteiger partial charge in [0.05, 0.1) is 19.3 Å². The van der Waals surface area contributed by atoms with Crippen LogP contribution in [0, 0.1) is 5.92 Å². The van der Waals surface area contributed by atoms with Gasteiger partial charge in [-0.15, -0.1) is 0 Å². The third kappa shape index (κ3) is 5.83. The lowest BCUT2D eigenvalue weighted by molar-refractivity contribution is 0.0347. The van der Waals surface area contributed by atoms with E-state index in [0.29, 0.717) is 12.6 Å². The first-order valence-electron chi connectivity index (χ1n) is 8.49. The fraction of sp³-hybridized carbons (Fsp3) is 0.938. The van der Waals surface area contributed by atoms with Crippen molar-refractivity contribution in [2.45, 2.75) is 64.6 Å². The monoisotopic (exact) mass is 297 g/mol. The van der Waals surface area contributed by atoms with E-state index >= 15 is 0 Å². The number of hydrogen-bond donors (Lipinski definition) is 2. The van der Waals surface area contributed by atoms with Gasteiger partial charge in [-0.1, -0.05) is 13.3 Å². The van der Waals surface area contributed by atoms with E-state index in [-0.39, 0.29) is 12.1 Å². The Morgan fingerprint density at radius 1 is 1.43 bits per heavy atom. The molecule has 2 N–H and O–H groups in total. The van der Waals surface area contributed by atoms with Gasteiger partial charge >= 0.3 is 0 Å². The van der Waals surface area contributed by atoms with Crippen LogP contribution in [0.4, 0.5) is 0 Å². The van der Waals surface area contributed by atoms with Crippen LogP contribution in [0.1, 0.15) is 46.5 Å². The second kappa shape index (κ2) is 8.59. The zero-order valence-electron chi connectivity index (χ0n) is 13.7. The first-order valence-corrected chi connectivity index (χ1v) is 8.49. The molecule has 0 bridgehead atoms. The molecule has 1 aliphatic heterocycles. The molecule has 0 aromatic rings. The van der Waals surface area contributed by atoms with E-state index in [4.69, 9.17) is 9.47 Å². The lowest BCUT2D eigenvalue weighted by Crippen LogP contribution is -2.45. The molecular formula is C16H31N3O2. The highest BCUT2D eigenvalue weighted by molar-refractivity contribution is 5.80. The summed E-state index contributed by atoms with van der Waals surface area (Å²) in [4.78, 5) is 4.53. The summed E-state index contributed by atoms with van der Waals surface area (Å²) in [5.41, 5.74) is 0. The van der Waals surface area contributed by atoms with Crippen LogP contribution < -0.4 is 10.6 Å². The van der Waals surface area contributed by atoms with E-state index < -0.39 is 0 Å². The van der Waals surface area contributed by atoms with Crippen LogP contribution in [-0.2, 0) is 9.47 Å². The molecule has 2 aliphatic rings. The highest BCUT2D eigenvalue weighted by Crippen LogP contribution is 2.34. The topological polar surface area (TPSA) is 54.9 Å². The van der Waals surface area contributed by atoms with Gasteiger partial charge in [0.15, 0.2) is 5.96 Å². The van der Waals surface area contributed by atoms with Crippen LogP contribution in [0.2, 0.25) is 0 Å². The van der Waals surface area contributed by atoms with E-state index in [1.807, 2.05) is 0 Å². The third-order valence-corrected chi connectivity index (χ3v) is 4.07. The van der Waals surface area contributed by atoms with Crippen molar-refractivity contribution in [3.8, 4) is 0 Å². The summed E-state index contributed by atoms with van der Waals surface area (Å²) in [5, 5.41) is 6.99. The Kier molecular flexibility index (Phi) is 6.77. The van der Waals surface area contributed by atoms with Crippen LogP contribution >= 0.6 is 0 Å². The standard InChI is InChI=1S/C16H31N3O2/c1-4-6-13-9-15(13)19-16(17-5-2)18-12(3)10-21-14-7-8-20-11-14/h12-15H,4-11H2,1-3H3,(H2,17,18,19). The van der Waals surface area contributed by atoms with Gasteiger partial charge in [0, 0.05) is 25.2 Å². The van der Waals surface area contributed by atoms with Gasteiger partial charge in [-0.3, -0.25) is 4.99 Å². The Hall–Kier alpha value is -0.810. The van der Waals surface area contributed by atoms with Gasteiger partial charge in [-0.2, -0.15) is 0 Å². The molecule has 122 valence electrons. The highest BCUT2D eigenvalue weighted by Gasteiger charge is 2.36. The Morgan fingerprint density at radius 3 is 2.95 bits per heavy atom. The lowest BCUT2D eigenvalue weighted by Gasteiger charge is -2.20. The minimum absolute atomic E-state index is 0.256. The van der Waals surface area contributed by atoms with Crippen molar-refractivity contribution in [1.29, 1.82) is 0 Å². The fourth-order valence-electron chi connectivity index (χ4n) is 2.78. The number of nitrogens with one attached hydrogen (secondary N) is 2. The molecular weight excluding hydrogens is 266 g/mol. The smallest absolute Gasteiger partial charge is 0.191 e. The number of guanidine groups is 1. The molecule has 5 nitrogen and oxygen atoms in total. The Morgan fingerprint density at radius 2 is 2.29 bits per heavy atom. The summed E-state index contributed by atoms with van der Waals surface area (Å²) >= 11 is 0. The summed E-state index contributed by atoms with van der Waals surface area (Å²) in [5.74, 6) is 1.76. The van der Waals surface area contributed by atoms with Crippen molar-refractivity contribution in [3.63, 3.8) is 0 Å². The molecule has 5 heteroatoms. The molecule has 0 radical (unpaired) electrons. The van der Waals surface area contributed by atoms with Crippen LogP contribution in [0.3, 0.4) is 0 Å². The largest absolute Gasteiger partial charge is 0.379 e. The number of nitrogens with zero attached hydrogens (tertiary/aromatic N) is 1. The molecule has 21 heavy (non-hydrogen) atoms. The van der Waals surface area contributed by atoms with E-state index in [1.54, 1.807) is 0 Å². The first-order chi connectivity index (χ1) is 10.2. The third-order valence-electron chi connectivity index (χ3n) is 4.07. The summed E-state index contributed by atoms with van der Waals surface area (Å²) in [7, 11) is 0. The summed E-state index contributed by atoms with van der Waals surface area (Å²) in [6.07, 6.45) is 5.15. The average Bonchev–Trinajstić information content (AvgIpc) is 2.99. The predicted octanol–water partition coefficient (Wildman–Crippen LogP) is 1.92. The summed E-state index contributed by atoms with van der Waals surface area (Å²) < 4.78 is 11.2. The molecule has 4 atom stereocenters. The van der Waals surface area contributed by atoms with Crippen LogP contribution in [0.5, 0.6) is 0 Å². The molecule has 0 aromatic heterocycles. The molecule has 1 aliphatic carbocycles. The second-order valence-corrected chi connectivity index (χ2v) is 6.22. The lowest BCUT2D eigenvalue weighted by atomic mass is 10.2. The van der Waals surface area contributed by atoms with Crippen molar-refractivity contribution in [1.82, 2.24) is 10.6 Å². The van der Waals surface area contributed by atoms with Gasteiger partial charge < -0.3 is 20.1 Å². The number of hydrogen-bond acceptors (Lipinski definition) is 3. The molecule has 0 spiro atoms. The zero-order chi connectivity index (χ0) is 15.1. The molecule has 2 rings (SSSR count). The van der Waals surface area contributed by atoms with Gasteiger partial charge in [0.25, 0.3) is 0 Å². The van der Waals surface area contributed by atoms with Gasteiger partial charge in [-0.05, 0) is 39.0 Å². The number of ether oxygens (including phenoxy) is 2. The molecule has 1 saturated carbocycles. The maximum Gasteiger partial charge on any atom is 0.191 e. The van der Waals surface area contributed by atoms with Crippen LogP contribution in [0.15, 0.2) is 4.99 Å². The SMILES string of the molecule is CCCC1CC1NC(=NCC)NC(C)COC1CCOC1. The number of aliphatic imine (C=N–C) groups is 1. The van der Waals surface area contributed by atoms with E-state index in [9.17, 15) is 0 Å². The predicted molar refractivity (Wildman–Crippen MR) is 85.7 cm³/mol. The van der Waals surface area contributed by atoms with Gasteiger partial charge in [-0.25, -0.2) is 0 Å². The quantitative estimate of drug-likeness (QED) is 0.531. The van der Waals surface area contributed by atoms with Crippen molar-refractivity contribution in [2.75, 3.05) is 26.4 Å². The van der Waals surface area contributed by atoms with E-state index in [2.05, 4.69) is 36.4 Å². The Balaban J connectivity index is 1.67. The summed E-state index contributed by atoms with van der Waals surface area (Å²) in [6.45, 7) is 9.52. The van der Waals surface area contributed by atoms with Crippen LogP contribution in [0.25, 0.3) is 0 Å². The van der Waals surface area contributed by atoms with Crippen molar-refractivity contribution < 1.29 is 9.47 Å². The Bertz CT molecular complexity index is 329. The average molecular weight is 297 g/mol. The fourth-order valence-corrected chi connectivity index (χ4v) is 2.78. The molecule has 0 amide bonds. The Labute approximate surface area is 128 Å². The van der Waals surface area contributed by atoms with Crippen molar-refractivity contribution in [2.24, 2.45) is 10.9 Å². The molecule has 4 unspecified atom stereocenters. The normalized spacial score (nSPS) is 30.2. The van der Waals surface area contributed by atoms with E-state index in [0.717, 1.165) is 38.1 Å². The molecule has 2 fully saturated rings. The molecule has 1 heterocycles. The summed E-state index contributed by atoms with van der Waals surface area (Å²) in [6, 6.07) is 0.867. The van der Waals surface area contributed by atoms with Gasteiger partial charge in [0.2, 0.25) is 0 Å². The van der Waals surface area contributed by atoms with Gasteiger partial charge in [0.1, 0.15) is 0 Å². The minimum atomic E-state index is 0.256. The highest BCUT2D eigenvalue weighted by atomic mass is 16.5. The van der Waals surface area contributed by atoms with Crippen molar-refractivity contribution in [3.05, 3.63) is 0 Å².